The van der Waals surface area contributed by atoms with Crippen LogP contribution in [0.25, 0.3) is 0 Å². The average molecular weight is 216 g/mol. The molecule has 1 nitrogen and oxygen atoms in total. The van der Waals surface area contributed by atoms with Crippen molar-refractivity contribution in [1.82, 2.24) is 0 Å². The summed E-state index contributed by atoms with van der Waals surface area (Å²) in [6.45, 7) is 0. The fraction of sp³-hybridized carbons (Fsp3) is 0.875. The Morgan fingerprint density at radius 2 is 1.64 bits per heavy atom. The molecular weight excluding hydrogens is 207 g/mol. The third-order valence-corrected chi connectivity index (χ3v) is 2.18. The minimum absolute atomic E-state index is 0.143. The van der Waals surface area contributed by atoms with Crippen LogP contribution in [0.1, 0.15) is 25.7 Å². The predicted octanol–water partition coefficient (Wildman–Crippen LogP) is 2.94. The standard InChI is InChI=1S/C8H9F5O/c9-7(10,8(11,12)13)6(14)4-3-5-1-2-5/h5H,1-4H2. The zero-order valence-electron chi connectivity index (χ0n) is 7.20. The molecule has 0 bridgehead atoms. The summed E-state index contributed by atoms with van der Waals surface area (Å²) in [6, 6.07) is 0. The van der Waals surface area contributed by atoms with Gasteiger partial charge in [0.15, 0.2) is 0 Å². The van der Waals surface area contributed by atoms with Crippen molar-refractivity contribution in [2.75, 3.05) is 0 Å². The molecule has 0 radical (unpaired) electrons. The molecule has 0 aromatic heterocycles. The fourth-order valence-electron chi connectivity index (χ4n) is 1.06. The largest absolute Gasteiger partial charge is 0.461 e. The van der Waals surface area contributed by atoms with E-state index in [2.05, 4.69) is 0 Å². The van der Waals surface area contributed by atoms with Crippen LogP contribution in [-0.2, 0) is 4.79 Å². The number of rotatable bonds is 4. The first-order valence-electron chi connectivity index (χ1n) is 4.23. The second kappa shape index (κ2) is 3.47. The van der Waals surface area contributed by atoms with Gasteiger partial charge in [-0.05, 0) is 12.3 Å². The van der Waals surface area contributed by atoms with Crippen molar-refractivity contribution in [3.63, 3.8) is 0 Å². The lowest BCUT2D eigenvalue weighted by molar-refractivity contribution is -0.268. The number of hydrogen-bond donors (Lipinski definition) is 0. The third-order valence-electron chi connectivity index (χ3n) is 2.18. The van der Waals surface area contributed by atoms with Gasteiger partial charge in [0.25, 0.3) is 0 Å². The zero-order chi connectivity index (χ0) is 11.0. The molecule has 1 aliphatic rings. The lowest BCUT2D eigenvalue weighted by Gasteiger charge is -2.17. The van der Waals surface area contributed by atoms with Crippen LogP contribution in [0.3, 0.4) is 0 Å². The van der Waals surface area contributed by atoms with Gasteiger partial charge in [-0.2, -0.15) is 22.0 Å². The van der Waals surface area contributed by atoms with Crippen molar-refractivity contribution < 1.29 is 26.7 Å². The molecule has 1 saturated carbocycles. The Morgan fingerprint density at radius 1 is 1.14 bits per heavy atom. The number of carbonyl (C=O) groups excluding carboxylic acids is 1. The van der Waals surface area contributed by atoms with Gasteiger partial charge in [-0.25, -0.2) is 0 Å². The molecular formula is C8H9F5O. The molecule has 14 heavy (non-hydrogen) atoms. The van der Waals surface area contributed by atoms with E-state index in [4.69, 9.17) is 0 Å². The van der Waals surface area contributed by atoms with Gasteiger partial charge < -0.3 is 0 Å². The van der Waals surface area contributed by atoms with Crippen molar-refractivity contribution in [1.29, 1.82) is 0 Å². The van der Waals surface area contributed by atoms with Crippen molar-refractivity contribution in [3.05, 3.63) is 0 Å². The van der Waals surface area contributed by atoms with Gasteiger partial charge in [0, 0.05) is 6.42 Å². The Hall–Kier alpha value is -0.680. The molecule has 0 heterocycles. The van der Waals surface area contributed by atoms with Crippen LogP contribution in [0.4, 0.5) is 22.0 Å². The molecule has 1 rings (SSSR count). The van der Waals surface area contributed by atoms with Gasteiger partial charge in [0.05, 0.1) is 0 Å². The first-order chi connectivity index (χ1) is 6.25. The first kappa shape index (κ1) is 11.4. The van der Waals surface area contributed by atoms with E-state index in [0.29, 0.717) is 0 Å². The third kappa shape index (κ3) is 2.42. The molecule has 0 spiro atoms. The molecule has 0 aromatic rings. The second-order valence-corrected chi connectivity index (χ2v) is 3.48. The van der Waals surface area contributed by atoms with Crippen LogP contribution in [0.5, 0.6) is 0 Å². The number of Topliss-reactive ketones (excluding diaryl/α,β-unsaturated/α-hetero) is 1. The van der Waals surface area contributed by atoms with Crippen LogP contribution in [-0.4, -0.2) is 17.9 Å². The van der Waals surface area contributed by atoms with Crippen LogP contribution in [0, 0.1) is 5.92 Å². The first-order valence-corrected chi connectivity index (χ1v) is 4.23. The van der Waals surface area contributed by atoms with Crippen LogP contribution in [0.15, 0.2) is 0 Å². The zero-order valence-corrected chi connectivity index (χ0v) is 7.20. The van der Waals surface area contributed by atoms with E-state index in [0.717, 1.165) is 12.8 Å². The average Bonchev–Trinajstić information content (AvgIpc) is 2.80. The Kier molecular flexibility index (Phi) is 2.83. The van der Waals surface area contributed by atoms with Crippen molar-refractivity contribution in [3.8, 4) is 0 Å². The van der Waals surface area contributed by atoms with Crippen LogP contribution < -0.4 is 0 Å². The maximum Gasteiger partial charge on any atom is 0.461 e. The van der Waals surface area contributed by atoms with E-state index in [1.807, 2.05) is 0 Å². The van der Waals surface area contributed by atoms with Gasteiger partial charge in [0.2, 0.25) is 5.78 Å². The molecule has 0 atom stereocenters. The molecule has 6 heteroatoms. The quantitative estimate of drug-likeness (QED) is 0.660. The summed E-state index contributed by atoms with van der Waals surface area (Å²) in [5, 5.41) is 0. The summed E-state index contributed by atoms with van der Waals surface area (Å²) < 4.78 is 59.6. The van der Waals surface area contributed by atoms with Gasteiger partial charge in [-0.1, -0.05) is 12.8 Å². The normalized spacial score (nSPS) is 18.4. The molecule has 0 unspecified atom stereocenters. The monoisotopic (exact) mass is 216 g/mol. The fourth-order valence-corrected chi connectivity index (χ4v) is 1.06. The smallest absolute Gasteiger partial charge is 0.293 e. The minimum Gasteiger partial charge on any atom is -0.293 e. The summed E-state index contributed by atoms with van der Waals surface area (Å²) in [6.07, 6.45) is -4.65. The maximum absolute atomic E-state index is 12.3. The van der Waals surface area contributed by atoms with Crippen molar-refractivity contribution in [2.24, 2.45) is 5.92 Å². The molecule has 0 saturated heterocycles. The highest BCUT2D eigenvalue weighted by Gasteiger charge is 2.62. The van der Waals surface area contributed by atoms with E-state index in [1.165, 1.54) is 0 Å². The second-order valence-electron chi connectivity index (χ2n) is 3.48. The lowest BCUT2D eigenvalue weighted by Crippen LogP contribution is -2.43. The molecule has 0 N–H and O–H groups in total. The number of halogens is 5. The molecule has 0 aromatic carbocycles. The molecule has 82 valence electrons. The highest BCUT2D eigenvalue weighted by molar-refractivity contribution is 5.86. The molecule has 1 aliphatic carbocycles. The van der Waals surface area contributed by atoms with Crippen LogP contribution >= 0.6 is 0 Å². The van der Waals surface area contributed by atoms with Gasteiger partial charge >= 0.3 is 12.1 Å². The van der Waals surface area contributed by atoms with Gasteiger partial charge in [-0.15, -0.1) is 0 Å². The summed E-state index contributed by atoms with van der Waals surface area (Å²) >= 11 is 0. The molecule has 0 aliphatic heterocycles. The van der Waals surface area contributed by atoms with E-state index in [-0.39, 0.29) is 12.3 Å². The van der Waals surface area contributed by atoms with E-state index < -0.39 is 24.3 Å². The van der Waals surface area contributed by atoms with Crippen molar-refractivity contribution in [2.45, 2.75) is 37.8 Å². The maximum atomic E-state index is 12.3. The number of hydrogen-bond acceptors (Lipinski definition) is 1. The highest BCUT2D eigenvalue weighted by Crippen LogP contribution is 2.39. The Balaban J connectivity index is 2.48. The molecule has 0 amide bonds. The lowest BCUT2D eigenvalue weighted by atomic mass is 10.1. The number of carbonyl (C=O) groups is 1. The Labute approximate surface area is 77.3 Å². The Bertz CT molecular complexity index is 228. The predicted molar refractivity (Wildman–Crippen MR) is 38.0 cm³/mol. The minimum atomic E-state index is -5.76. The van der Waals surface area contributed by atoms with E-state index >= 15 is 0 Å². The SMILES string of the molecule is O=C(CCC1CC1)C(F)(F)C(F)(F)F. The number of ketones is 1. The topological polar surface area (TPSA) is 17.1 Å². The van der Waals surface area contributed by atoms with Crippen LogP contribution in [0.2, 0.25) is 0 Å². The van der Waals surface area contributed by atoms with E-state index in [9.17, 15) is 26.7 Å². The highest BCUT2D eigenvalue weighted by atomic mass is 19.4. The summed E-state index contributed by atoms with van der Waals surface area (Å²) in [7, 11) is 0. The summed E-state index contributed by atoms with van der Waals surface area (Å²) in [4.78, 5) is 10.6. The number of alkyl halides is 5. The summed E-state index contributed by atoms with van der Waals surface area (Å²) in [5.74, 6) is -7.03. The van der Waals surface area contributed by atoms with E-state index in [1.54, 1.807) is 0 Å². The van der Waals surface area contributed by atoms with Gasteiger partial charge in [-0.3, -0.25) is 4.79 Å². The van der Waals surface area contributed by atoms with Gasteiger partial charge in [0.1, 0.15) is 0 Å². The molecule has 1 fully saturated rings. The Morgan fingerprint density at radius 3 is 2.00 bits per heavy atom. The van der Waals surface area contributed by atoms with Crippen molar-refractivity contribution >= 4 is 5.78 Å². The summed E-state index contributed by atoms with van der Waals surface area (Å²) in [5.41, 5.74) is 0.